The molecule has 1 aromatic carbocycles. The molecule has 2 atom stereocenters. The average Bonchev–Trinajstić information content (AvgIpc) is 3.31. The Balaban J connectivity index is 1.68. The maximum Gasteiger partial charge on any atom is 0.394 e. The van der Waals surface area contributed by atoms with Gasteiger partial charge in [0.05, 0.1) is 11.8 Å². The predicted octanol–water partition coefficient (Wildman–Crippen LogP) is 2.37. The lowest BCUT2D eigenvalue weighted by molar-refractivity contribution is -0.187. The average molecular weight is 370 g/mol. The first kappa shape index (κ1) is 18.2. The quantitative estimate of drug-likeness (QED) is 0.852. The molecule has 3 rings (SSSR count). The van der Waals surface area contributed by atoms with Gasteiger partial charge in [0.15, 0.2) is 0 Å². The summed E-state index contributed by atoms with van der Waals surface area (Å²) in [5.41, 5.74) is 0.637. The smallest absolute Gasteiger partial charge is 0.394 e. The van der Waals surface area contributed by atoms with E-state index in [9.17, 15) is 27.6 Å². The fourth-order valence-corrected chi connectivity index (χ4v) is 3.02. The lowest BCUT2D eigenvalue weighted by atomic mass is 9.96. The predicted molar refractivity (Wildman–Crippen MR) is 84.4 cm³/mol. The van der Waals surface area contributed by atoms with E-state index in [1.54, 1.807) is 0 Å². The van der Waals surface area contributed by atoms with Gasteiger partial charge in [-0.15, -0.1) is 0 Å². The van der Waals surface area contributed by atoms with Crippen molar-refractivity contribution in [3.63, 3.8) is 0 Å². The molecule has 9 heteroatoms. The summed E-state index contributed by atoms with van der Waals surface area (Å²) in [5, 5.41) is 11.7. The Hall–Kier alpha value is -2.58. The number of likely N-dealkylation sites (tertiary alicyclic amines) is 1. The summed E-state index contributed by atoms with van der Waals surface area (Å²) in [6.07, 6.45) is -2.99. The highest BCUT2D eigenvalue weighted by atomic mass is 19.4. The molecule has 1 saturated heterocycles. The van der Waals surface area contributed by atoms with Crippen LogP contribution < -0.4 is 5.32 Å². The van der Waals surface area contributed by atoms with Crippen molar-refractivity contribution < 1.29 is 32.7 Å². The Labute approximate surface area is 147 Å². The first-order valence-electron chi connectivity index (χ1n) is 8.16. The van der Waals surface area contributed by atoms with E-state index in [0.717, 1.165) is 17.7 Å². The summed E-state index contributed by atoms with van der Waals surface area (Å²) < 4.78 is 39.0. The summed E-state index contributed by atoms with van der Waals surface area (Å²) in [7, 11) is 0. The second kappa shape index (κ2) is 6.62. The van der Waals surface area contributed by atoms with E-state index in [1.165, 1.54) is 24.3 Å². The third kappa shape index (κ3) is 3.81. The third-order valence-electron chi connectivity index (χ3n) is 4.69. The molecule has 0 aromatic heterocycles. The first-order chi connectivity index (χ1) is 12.2. The molecule has 1 saturated carbocycles. The van der Waals surface area contributed by atoms with Crippen LogP contribution in [0.15, 0.2) is 24.3 Å². The molecule has 2 fully saturated rings. The summed E-state index contributed by atoms with van der Waals surface area (Å²) in [5.74, 6) is -6.06. The fourth-order valence-electron chi connectivity index (χ4n) is 3.02. The van der Waals surface area contributed by atoms with Crippen LogP contribution in [0.2, 0.25) is 0 Å². The number of aliphatic carboxylic acids is 1. The highest BCUT2D eigenvalue weighted by Crippen LogP contribution is 2.38. The standard InChI is InChI=1S/C17H17F3N2O4/c18-17(19,20)13-8-22(7-12(13)16(25)26)15(24)10-3-5-11(6-4-10)21-14(23)9-1-2-9/h3-6,9,12-13H,1-2,7-8H2,(H,21,23)(H,25,26)/t12-,13-/m1/s1. The van der Waals surface area contributed by atoms with Crippen molar-refractivity contribution in [2.75, 3.05) is 18.4 Å². The Morgan fingerprint density at radius 1 is 1.08 bits per heavy atom. The van der Waals surface area contributed by atoms with Gasteiger partial charge in [0, 0.05) is 30.3 Å². The van der Waals surface area contributed by atoms with Crippen LogP contribution in [0.1, 0.15) is 23.2 Å². The second-order valence-corrected chi connectivity index (χ2v) is 6.64. The molecule has 1 aliphatic heterocycles. The van der Waals surface area contributed by atoms with Gasteiger partial charge < -0.3 is 15.3 Å². The number of benzene rings is 1. The highest BCUT2D eigenvalue weighted by Gasteiger charge is 2.53. The maximum absolute atomic E-state index is 13.0. The maximum atomic E-state index is 13.0. The van der Waals surface area contributed by atoms with Gasteiger partial charge in [-0.1, -0.05) is 0 Å². The molecule has 6 nitrogen and oxygen atoms in total. The van der Waals surface area contributed by atoms with Crippen molar-refractivity contribution in [1.82, 2.24) is 4.90 Å². The van der Waals surface area contributed by atoms with E-state index in [-0.39, 0.29) is 17.4 Å². The second-order valence-electron chi connectivity index (χ2n) is 6.64. The molecular weight excluding hydrogens is 353 g/mol. The Kier molecular flexibility index (Phi) is 4.64. The van der Waals surface area contributed by atoms with E-state index >= 15 is 0 Å². The minimum atomic E-state index is -4.69. The van der Waals surface area contributed by atoms with E-state index in [0.29, 0.717) is 5.69 Å². The van der Waals surface area contributed by atoms with Crippen molar-refractivity contribution >= 4 is 23.5 Å². The number of carboxylic acids is 1. The minimum Gasteiger partial charge on any atom is -0.481 e. The SMILES string of the molecule is O=C(Nc1ccc(C(=O)N2C[C@@H](C(F)(F)F)[C@H](C(=O)O)C2)cc1)C1CC1. The zero-order valence-corrected chi connectivity index (χ0v) is 13.6. The third-order valence-corrected chi connectivity index (χ3v) is 4.69. The van der Waals surface area contributed by atoms with Gasteiger partial charge in [-0.25, -0.2) is 0 Å². The van der Waals surface area contributed by atoms with Gasteiger partial charge >= 0.3 is 12.1 Å². The van der Waals surface area contributed by atoms with Gasteiger partial charge in [0.25, 0.3) is 5.91 Å². The molecule has 0 unspecified atom stereocenters. The number of alkyl halides is 3. The van der Waals surface area contributed by atoms with E-state index in [4.69, 9.17) is 5.11 Å². The van der Waals surface area contributed by atoms with E-state index in [1.807, 2.05) is 0 Å². The van der Waals surface area contributed by atoms with Crippen LogP contribution in [0.25, 0.3) is 0 Å². The number of rotatable bonds is 4. The zero-order chi connectivity index (χ0) is 19.1. The zero-order valence-electron chi connectivity index (χ0n) is 13.6. The molecule has 1 aliphatic carbocycles. The molecule has 1 heterocycles. The largest absolute Gasteiger partial charge is 0.481 e. The monoisotopic (exact) mass is 370 g/mol. The molecule has 2 amide bonds. The Morgan fingerprint density at radius 3 is 2.15 bits per heavy atom. The number of nitrogens with one attached hydrogen (secondary N) is 1. The van der Waals surface area contributed by atoms with Crippen molar-refractivity contribution in [2.45, 2.75) is 19.0 Å². The van der Waals surface area contributed by atoms with Crippen LogP contribution in [-0.4, -0.2) is 47.1 Å². The number of carboxylic acid groups (broad SMARTS) is 1. The number of carbonyl (C=O) groups is 3. The van der Waals surface area contributed by atoms with E-state index in [2.05, 4.69) is 5.32 Å². The van der Waals surface area contributed by atoms with Crippen molar-refractivity contribution in [3.05, 3.63) is 29.8 Å². The van der Waals surface area contributed by atoms with Crippen LogP contribution in [0.4, 0.5) is 18.9 Å². The Bertz CT molecular complexity index is 729. The number of nitrogens with zero attached hydrogens (tertiary/aromatic N) is 1. The highest BCUT2D eigenvalue weighted by molar-refractivity contribution is 5.97. The number of anilines is 1. The summed E-state index contributed by atoms with van der Waals surface area (Å²) in [4.78, 5) is 36.1. The van der Waals surface area contributed by atoms with Crippen LogP contribution >= 0.6 is 0 Å². The molecule has 2 N–H and O–H groups in total. The van der Waals surface area contributed by atoms with Crippen molar-refractivity contribution in [2.24, 2.45) is 17.8 Å². The van der Waals surface area contributed by atoms with Gasteiger partial charge in [-0.3, -0.25) is 14.4 Å². The van der Waals surface area contributed by atoms with Gasteiger partial charge in [-0.2, -0.15) is 13.2 Å². The molecule has 1 aromatic rings. The molecular formula is C17H17F3N2O4. The van der Waals surface area contributed by atoms with Crippen LogP contribution in [0.5, 0.6) is 0 Å². The summed E-state index contributed by atoms with van der Waals surface area (Å²) in [6.45, 7) is -1.17. The lowest BCUT2D eigenvalue weighted by Gasteiger charge is -2.18. The molecule has 0 radical (unpaired) electrons. The lowest BCUT2D eigenvalue weighted by Crippen LogP contribution is -2.34. The van der Waals surface area contributed by atoms with Crippen molar-refractivity contribution in [1.29, 1.82) is 0 Å². The first-order valence-corrected chi connectivity index (χ1v) is 8.16. The van der Waals surface area contributed by atoms with Crippen molar-refractivity contribution in [3.8, 4) is 0 Å². The molecule has 0 spiro atoms. The number of carbonyl (C=O) groups excluding carboxylic acids is 2. The minimum absolute atomic E-state index is 0.0214. The summed E-state index contributed by atoms with van der Waals surface area (Å²) >= 11 is 0. The molecule has 26 heavy (non-hydrogen) atoms. The van der Waals surface area contributed by atoms with Crippen LogP contribution in [0.3, 0.4) is 0 Å². The topological polar surface area (TPSA) is 86.7 Å². The molecule has 140 valence electrons. The van der Waals surface area contributed by atoms with Gasteiger partial charge in [0.1, 0.15) is 0 Å². The molecule has 0 bridgehead atoms. The van der Waals surface area contributed by atoms with Gasteiger partial charge in [-0.05, 0) is 37.1 Å². The van der Waals surface area contributed by atoms with E-state index < -0.39 is 43.0 Å². The molecule has 2 aliphatic rings. The van der Waals surface area contributed by atoms with Crippen LogP contribution in [-0.2, 0) is 9.59 Å². The number of hydrogen-bond donors (Lipinski definition) is 2. The van der Waals surface area contributed by atoms with Gasteiger partial charge in [0.2, 0.25) is 5.91 Å². The number of halogens is 3. The van der Waals surface area contributed by atoms with Crippen LogP contribution in [0, 0.1) is 17.8 Å². The number of hydrogen-bond acceptors (Lipinski definition) is 3. The number of amides is 2. The summed E-state index contributed by atoms with van der Waals surface area (Å²) in [6, 6.07) is 5.81. The normalized spacial score (nSPS) is 23.0. The fraction of sp³-hybridized carbons (Fsp3) is 0.471. The Morgan fingerprint density at radius 2 is 1.69 bits per heavy atom.